The van der Waals surface area contributed by atoms with Crippen molar-refractivity contribution >= 4 is 39.9 Å². The largest absolute Gasteiger partial charge is 0.330 e. The van der Waals surface area contributed by atoms with Crippen LogP contribution in [0.4, 0.5) is 5.13 Å². The standard InChI is InChI=1S/C21H27ClN4O2S/c1-3-5-7-14(4-2)20(28)26-13-6-8-17(26)18(27)23-21-25-24-19(29-21)15-9-11-16(22)12-10-15/h9-12,14,17H,3-8,13H2,1-2H3,(H,23,25,27). The maximum absolute atomic E-state index is 13.0. The van der Waals surface area contributed by atoms with E-state index >= 15 is 0 Å². The number of carbonyl (C=O) groups is 2. The summed E-state index contributed by atoms with van der Waals surface area (Å²) >= 11 is 7.23. The summed E-state index contributed by atoms with van der Waals surface area (Å²) in [5, 5.41) is 12.9. The molecule has 1 aromatic heterocycles. The van der Waals surface area contributed by atoms with Crippen molar-refractivity contribution in [1.29, 1.82) is 0 Å². The second-order valence-corrected chi connectivity index (χ2v) is 8.76. The van der Waals surface area contributed by atoms with E-state index in [1.807, 2.05) is 19.1 Å². The Bertz CT molecular complexity index is 839. The average molecular weight is 435 g/mol. The van der Waals surface area contributed by atoms with E-state index in [-0.39, 0.29) is 17.7 Å². The maximum Gasteiger partial charge on any atom is 0.249 e. The molecule has 1 saturated heterocycles. The first-order valence-corrected chi connectivity index (χ1v) is 11.4. The molecule has 0 saturated carbocycles. The van der Waals surface area contributed by atoms with E-state index in [0.29, 0.717) is 28.1 Å². The summed E-state index contributed by atoms with van der Waals surface area (Å²) in [4.78, 5) is 27.6. The molecule has 0 spiro atoms. The van der Waals surface area contributed by atoms with Crippen molar-refractivity contribution in [3.8, 4) is 10.6 Å². The van der Waals surface area contributed by atoms with Crippen molar-refractivity contribution in [3.05, 3.63) is 29.3 Å². The number of rotatable bonds is 8. The van der Waals surface area contributed by atoms with Crippen molar-refractivity contribution in [2.75, 3.05) is 11.9 Å². The fraction of sp³-hybridized carbons (Fsp3) is 0.524. The van der Waals surface area contributed by atoms with Gasteiger partial charge >= 0.3 is 0 Å². The van der Waals surface area contributed by atoms with E-state index in [9.17, 15) is 9.59 Å². The number of likely N-dealkylation sites (tertiary alicyclic amines) is 1. The van der Waals surface area contributed by atoms with Crippen molar-refractivity contribution in [2.24, 2.45) is 5.92 Å². The lowest BCUT2D eigenvalue weighted by Gasteiger charge is -2.27. The molecule has 2 amide bonds. The fourth-order valence-electron chi connectivity index (χ4n) is 3.66. The molecule has 1 N–H and O–H groups in total. The van der Waals surface area contributed by atoms with E-state index in [1.165, 1.54) is 11.3 Å². The molecule has 156 valence electrons. The van der Waals surface area contributed by atoms with Gasteiger partial charge in [-0.05, 0) is 37.8 Å². The van der Waals surface area contributed by atoms with Gasteiger partial charge in [-0.25, -0.2) is 0 Å². The van der Waals surface area contributed by atoms with Gasteiger partial charge in [0.1, 0.15) is 11.0 Å². The predicted octanol–water partition coefficient (Wildman–Crippen LogP) is 5.00. The Balaban J connectivity index is 1.65. The zero-order valence-electron chi connectivity index (χ0n) is 16.9. The van der Waals surface area contributed by atoms with Gasteiger partial charge in [0.05, 0.1) is 0 Å². The minimum absolute atomic E-state index is 0.00128. The maximum atomic E-state index is 13.0. The molecular weight excluding hydrogens is 408 g/mol. The number of halogens is 1. The van der Waals surface area contributed by atoms with Crippen LogP contribution >= 0.6 is 22.9 Å². The van der Waals surface area contributed by atoms with Crippen LogP contribution in [-0.2, 0) is 9.59 Å². The highest BCUT2D eigenvalue weighted by Crippen LogP contribution is 2.29. The second-order valence-electron chi connectivity index (χ2n) is 7.35. The number of nitrogens with one attached hydrogen (secondary N) is 1. The van der Waals surface area contributed by atoms with Gasteiger partial charge in [-0.2, -0.15) is 0 Å². The molecule has 1 aromatic carbocycles. The lowest BCUT2D eigenvalue weighted by molar-refractivity contribution is -0.140. The summed E-state index contributed by atoms with van der Waals surface area (Å²) in [6.45, 7) is 4.82. The van der Waals surface area contributed by atoms with E-state index in [0.717, 1.165) is 37.7 Å². The molecule has 8 heteroatoms. The normalized spacial score (nSPS) is 17.3. The van der Waals surface area contributed by atoms with Crippen LogP contribution in [0.25, 0.3) is 10.6 Å². The van der Waals surface area contributed by atoms with Gasteiger partial charge in [-0.3, -0.25) is 14.9 Å². The molecule has 0 aliphatic carbocycles. The Kier molecular flexibility index (Phi) is 7.61. The number of benzene rings is 1. The number of hydrogen-bond donors (Lipinski definition) is 1. The monoisotopic (exact) mass is 434 g/mol. The van der Waals surface area contributed by atoms with Crippen LogP contribution in [-0.4, -0.2) is 39.5 Å². The molecular formula is C21H27ClN4O2S. The molecule has 0 bridgehead atoms. The molecule has 1 aliphatic heterocycles. The number of aromatic nitrogens is 2. The molecule has 3 rings (SSSR count). The van der Waals surface area contributed by atoms with E-state index in [1.54, 1.807) is 17.0 Å². The van der Waals surface area contributed by atoms with Crippen molar-refractivity contribution in [1.82, 2.24) is 15.1 Å². The van der Waals surface area contributed by atoms with Gasteiger partial charge in [0.15, 0.2) is 0 Å². The zero-order chi connectivity index (χ0) is 20.8. The number of amides is 2. The summed E-state index contributed by atoms with van der Waals surface area (Å²) in [5.41, 5.74) is 0.895. The predicted molar refractivity (Wildman–Crippen MR) is 117 cm³/mol. The SMILES string of the molecule is CCCCC(CC)C(=O)N1CCCC1C(=O)Nc1nnc(-c2ccc(Cl)cc2)s1. The van der Waals surface area contributed by atoms with Gasteiger partial charge in [0.2, 0.25) is 16.9 Å². The number of anilines is 1. The van der Waals surface area contributed by atoms with Crippen LogP contribution in [0.1, 0.15) is 52.4 Å². The highest BCUT2D eigenvalue weighted by atomic mass is 35.5. The van der Waals surface area contributed by atoms with E-state index in [2.05, 4.69) is 22.4 Å². The third-order valence-corrected chi connectivity index (χ3v) is 6.47. The van der Waals surface area contributed by atoms with Gasteiger partial charge in [-0.15, -0.1) is 10.2 Å². The third-order valence-electron chi connectivity index (χ3n) is 5.33. The third kappa shape index (κ3) is 5.34. The van der Waals surface area contributed by atoms with Crippen LogP contribution in [0, 0.1) is 5.92 Å². The molecule has 2 aromatic rings. The lowest BCUT2D eigenvalue weighted by Crippen LogP contribution is -2.45. The first-order chi connectivity index (χ1) is 14.0. The Hall–Kier alpha value is -1.99. The molecule has 0 radical (unpaired) electrons. The first-order valence-electron chi connectivity index (χ1n) is 10.2. The molecule has 29 heavy (non-hydrogen) atoms. The van der Waals surface area contributed by atoms with Crippen LogP contribution in [0.3, 0.4) is 0 Å². The first kappa shape index (κ1) is 21.7. The van der Waals surface area contributed by atoms with Crippen LogP contribution in [0.2, 0.25) is 5.02 Å². The summed E-state index contributed by atoms with van der Waals surface area (Å²) in [6.07, 6.45) is 5.33. The van der Waals surface area contributed by atoms with Gasteiger partial charge in [0, 0.05) is 23.0 Å². The minimum atomic E-state index is -0.430. The molecule has 1 fully saturated rings. The van der Waals surface area contributed by atoms with Crippen molar-refractivity contribution < 1.29 is 9.59 Å². The second kappa shape index (κ2) is 10.2. The van der Waals surface area contributed by atoms with Gasteiger partial charge < -0.3 is 4.90 Å². The molecule has 2 atom stereocenters. The van der Waals surface area contributed by atoms with Crippen LogP contribution in [0.5, 0.6) is 0 Å². The number of unbranched alkanes of at least 4 members (excludes halogenated alkanes) is 1. The topological polar surface area (TPSA) is 75.2 Å². The summed E-state index contributed by atoms with van der Waals surface area (Å²) in [5.74, 6) is -0.0703. The smallest absolute Gasteiger partial charge is 0.249 e. The van der Waals surface area contributed by atoms with Crippen molar-refractivity contribution in [2.45, 2.75) is 58.4 Å². The molecule has 6 nitrogen and oxygen atoms in total. The Labute approximate surface area is 180 Å². The highest BCUT2D eigenvalue weighted by Gasteiger charge is 2.36. The highest BCUT2D eigenvalue weighted by molar-refractivity contribution is 7.18. The number of hydrogen-bond acceptors (Lipinski definition) is 5. The van der Waals surface area contributed by atoms with Crippen molar-refractivity contribution in [3.63, 3.8) is 0 Å². The van der Waals surface area contributed by atoms with Crippen LogP contribution < -0.4 is 5.32 Å². The van der Waals surface area contributed by atoms with E-state index in [4.69, 9.17) is 11.6 Å². The fourth-order valence-corrected chi connectivity index (χ4v) is 4.54. The molecule has 1 aliphatic rings. The molecule has 2 heterocycles. The van der Waals surface area contributed by atoms with Gasteiger partial charge in [-0.1, -0.05) is 61.8 Å². The summed E-state index contributed by atoms with van der Waals surface area (Å²) in [7, 11) is 0. The Morgan fingerprint density at radius 3 is 2.72 bits per heavy atom. The Morgan fingerprint density at radius 1 is 1.28 bits per heavy atom. The average Bonchev–Trinajstić information content (AvgIpc) is 3.38. The number of nitrogens with zero attached hydrogens (tertiary/aromatic N) is 3. The number of carbonyl (C=O) groups excluding carboxylic acids is 2. The van der Waals surface area contributed by atoms with Gasteiger partial charge in [0.25, 0.3) is 0 Å². The van der Waals surface area contributed by atoms with Crippen LogP contribution in [0.15, 0.2) is 24.3 Å². The lowest BCUT2D eigenvalue weighted by atomic mass is 9.97. The molecule has 2 unspecified atom stereocenters. The Morgan fingerprint density at radius 2 is 2.03 bits per heavy atom. The summed E-state index contributed by atoms with van der Waals surface area (Å²) < 4.78 is 0. The zero-order valence-corrected chi connectivity index (χ0v) is 18.4. The minimum Gasteiger partial charge on any atom is -0.330 e. The van der Waals surface area contributed by atoms with E-state index < -0.39 is 6.04 Å². The summed E-state index contributed by atoms with van der Waals surface area (Å²) in [6, 6.07) is 6.89. The quantitative estimate of drug-likeness (QED) is 0.634.